The van der Waals surface area contributed by atoms with Gasteiger partial charge in [-0.15, -0.1) is 0 Å². The first kappa shape index (κ1) is 15.4. The Morgan fingerprint density at radius 1 is 1.33 bits per heavy atom. The number of carboxylic acids is 1. The molecule has 0 saturated carbocycles. The Bertz CT molecular complexity index is 572. The molecule has 1 N–H and O–H groups in total. The van der Waals surface area contributed by atoms with Gasteiger partial charge in [-0.3, -0.25) is 4.79 Å². The van der Waals surface area contributed by atoms with Gasteiger partial charge in [-0.25, -0.2) is 13.6 Å². The van der Waals surface area contributed by atoms with Crippen molar-refractivity contribution in [1.29, 1.82) is 0 Å². The number of halogens is 2. The maximum Gasteiger partial charge on any atom is 0.335 e. The minimum absolute atomic E-state index is 0.0483. The summed E-state index contributed by atoms with van der Waals surface area (Å²) in [7, 11) is 0. The van der Waals surface area contributed by atoms with Gasteiger partial charge in [0.2, 0.25) is 0 Å². The molecule has 1 saturated heterocycles. The van der Waals surface area contributed by atoms with Crippen molar-refractivity contribution in [3.05, 3.63) is 34.9 Å². The zero-order chi connectivity index (χ0) is 15.6. The van der Waals surface area contributed by atoms with Crippen LogP contribution in [0.3, 0.4) is 0 Å². The Morgan fingerprint density at radius 2 is 2.00 bits per heavy atom. The van der Waals surface area contributed by atoms with Crippen LogP contribution in [-0.4, -0.2) is 40.9 Å². The quantitative estimate of drug-likeness (QED) is 0.933. The predicted molar refractivity (Wildman–Crippen MR) is 72.9 cm³/mol. The highest BCUT2D eigenvalue weighted by molar-refractivity contribution is 6.00. The molecule has 4 nitrogen and oxygen atoms in total. The summed E-state index contributed by atoms with van der Waals surface area (Å²) < 4.78 is 26.9. The Labute approximate surface area is 121 Å². The van der Waals surface area contributed by atoms with Crippen molar-refractivity contribution in [2.45, 2.75) is 32.1 Å². The molecule has 1 amide bonds. The molecule has 21 heavy (non-hydrogen) atoms. The molecular weight excluding hydrogens is 280 g/mol. The summed E-state index contributed by atoms with van der Waals surface area (Å²) in [5.74, 6) is -4.51. The Morgan fingerprint density at radius 3 is 2.57 bits per heavy atom. The van der Waals surface area contributed by atoms with Gasteiger partial charge < -0.3 is 10.0 Å². The van der Waals surface area contributed by atoms with Gasteiger partial charge in [0.15, 0.2) is 0 Å². The molecule has 0 spiro atoms. The Kier molecular flexibility index (Phi) is 4.25. The maximum atomic E-state index is 13.4. The number of alkyl halides is 2. The predicted octanol–water partition coefficient (Wildman–Crippen LogP) is 2.82. The fourth-order valence-electron chi connectivity index (χ4n) is 2.68. The van der Waals surface area contributed by atoms with Gasteiger partial charge in [-0.05, 0) is 30.5 Å². The molecule has 0 radical (unpaired) electrons. The van der Waals surface area contributed by atoms with E-state index in [9.17, 15) is 18.4 Å². The van der Waals surface area contributed by atoms with E-state index in [1.54, 1.807) is 6.92 Å². The van der Waals surface area contributed by atoms with Crippen LogP contribution >= 0.6 is 0 Å². The number of nitrogens with zero attached hydrogens (tertiary/aromatic N) is 1. The van der Waals surface area contributed by atoms with Crippen LogP contribution in [0.4, 0.5) is 8.78 Å². The number of benzene rings is 1. The normalized spacial score (nSPS) is 17.6. The third-order valence-electron chi connectivity index (χ3n) is 3.67. The van der Waals surface area contributed by atoms with Crippen LogP contribution in [-0.2, 0) is 6.42 Å². The van der Waals surface area contributed by atoms with Crippen molar-refractivity contribution in [2.75, 3.05) is 13.1 Å². The summed E-state index contributed by atoms with van der Waals surface area (Å²) in [5.41, 5.74) is 0.645. The lowest BCUT2D eigenvalue weighted by atomic mass is 9.97. The highest BCUT2D eigenvalue weighted by atomic mass is 19.3. The molecule has 114 valence electrons. The second-order valence-electron chi connectivity index (χ2n) is 5.18. The first-order valence-electron chi connectivity index (χ1n) is 6.88. The zero-order valence-electron chi connectivity index (χ0n) is 11.7. The summed E-state index contributed by atoms with van der Waals surface area (Å²) in [4.78, 5) is 24.7. The molecule has 0 bridgehead atoms. The van der Waals surface area contributed by atoms with Crippen LogP contribution in [0, 0.1) is 0 Å². The molecule has 1 aromatic rings. The van der Waals surface area contributed by atoms with Crippen LogP contribution < -0.4 is 0 Å². The number of hydrogen-bond donors (Lipinski definition) is 1. The number of amides is 1. The van der Waals surface area contributed by atoms with Gasteiger partial charge in [-0.1, -0.05) is 13.0 Å². The molecule has 0 unspecified atom stereocenters. The summed E-state index contributed by atoms with van der Waals surface area (Å²) in [6, 6.07) is 4.39. The van der Waals surface area contributed by atoms with Gasteiger partial charge in [0.25, 0.3) is 11.8 Å². The van der Waals surface area contributed by atoms with Crippen LogP contribution in [0.2, 0.25) is 0 Å². The van der Waals surface area contributed by atoms with E-state index in [1.807, 2.05) is 0 Å². The highest BCUT2D eigenvalue weighted by Gasteiger charge is 2.37. The Hall–Kier alpha value is -1.98. The second kappa shape index (κ2) is 5.79. The molecule has 2 rings (SSSR count). The minimum atomic E-state index is -2.87. The largest absolute Gasteiger partial charge is 0.478 e. The van der Waals surface area contributed by atoms with Gasteiger partial charge in [0.05, 0.1) is 12.1 Å². The number of carbonyl (C=O) groups is 2. The number of hydrogen-bond acceptors (Lipinski definition) is 2. The number of aromatic carboxylic acids is 1. The zero-order valence-corrected chi connectivity index (χ0v) is 11.7. The maximum absolute atomic E-state index is 13.4. The lowest BCUT2D eigenvalue weighted by Crippen LogP contribution is -2.46. The van der Waals surface area contributed by atoms with Gasteiger partial charge in [0, 0.05) is 18.5 Å². The number of carboxylic acid groups (broad SMARTS) is 1. The van der Waals surface area contributed by atoms with E-state index < -0.39 is 24.3 Å². The summed E-state index contributed by atoms with van der Waals surface area (Å²) in [6.07, 6.45) is 0.388. The number of carbonyl (C=O) groups excluding carboxylic acids is 1. The molecular formula is C15H17F2NO3. The molecule has 1 fully saturated rings. The molecule has 6 heteroatoms. The fraction of sp³-hybridized carbons (Fsp3) is 0.467. The minimum Gasteiger partial charge on any atom is -0.478 e. The number of likely N-dealkylation sites (tertiary alicyclic amines) is 1. The number of rotatable bonds is 3. The monoisotopic (exact) mass is 297 g/mol. The second-order valence-corrected chi connectivity index (χ2v) is 5.18. The fourth-order valence-corrected chi connectivity index (χ4v) is 2.68. The molecule has 1 aliphatic rings. The van der Waals surface area contributed by atoms with Crippen molar-refractivity contribution in [1.82, 2.24) is 4.90 Å². The van der Waals surface area contributed by atoms with Crippen molar-refractivity contribution in [3.8, 4) is 0 Å². The average molecular weight is 297 g/mol. The van der Waals surface area contributed by atoms with E-state index in [0.717, 1.165) is 4.90 Å². The molecule has 1 heterocycles. The van der Waals surface area contributed by atoms with Crippen LogP contribution in [0.1, 0.15) is 46.0 Å². The average Bonchev–Trinajstić information content (AvgIpc) is 2.44. The summed E-state index contributed by atoms with van der Waals surface area (Å²) in [6.45, 7) is 1.41. The van der Waals surface area contributed by atoms with Gasteiger partial charge >= 0.3 is 5.97 Å². The molecule has 0 aliphatic carbocycles. The molecule has 0 aromatic heterocycles. The van der Waals surface area contributed by atoms with Crippen LogP contribution in [0.5, 0.6) is 0 Å². The van der Waals surface area contributed by atoms with E-state index in [0.29, 0.717) is 12.0 Å². The molecule has 1 aliphatic heterocycles. The van der Waals surface area contributed by atoms with Crippen LogP contribution in [0.25, 0.3) is 0 Å². The molecule has 1 aromatic carbocycles. The SMILES string of the molecule is CCc1c(C(=O)O)cccc1C(=O)N1CCCC(F)(F)C1. The number of piperidine rings is 1. The first-order chi connectivity index (χ1) is 9.85. The van der Waals surface area contributed by atoms with E-state index in [4.69, 9.17) is 5.11 Å². The van der Waals surface area contributed by atoms with E-state index >= 15 is 0 Å². The highest BCUT2D eigenvalue weighted by Crippen LogP contribution is 2.28. The first-order valence-corrected chi connectivity index (χ1v) is 6.88. The van der Waals surface area contributed by atoms with E-state index in [-0.39, 0.29) is 30.5 Å². The lowest BCUT2D eigenvalue weighted by Gasteiger charge is -2.33. The standard InChI is InChI=1S/C15H17F2NO3/c1-2-10-11(5-3-6-12(10)14(20)21)13(19)18-8-4-7-15(16,17)9-18/h3,5-6H,2,4,7-9H2,1H3,(H,20,21). The van der Waals surface area contributed by atoms with Gasteiger partial charge in [0.1, 0.15) is 0 Å². The van der Waals surface area contributed by atoms with Crippen LogP contribution in [0.15, 0.2) is 18.2 Å². The summed E-state index contributed by atoms with van der Waals surface area (Å²) in [5, 5.41) is 9.15. The lowest BCUT2D eigenvalue weighted by molar-refractivity contribution is -0.0560. The van der Waals surface area contributed by atoms with Gasteiger partial charge in [-0.2, -0.15) is 0 Å². The van der Waals surface area contributed by atoms with Crippen molar-refractivity contribution >= 4 is 11.9 Å². The smallest absolute Gasteiger partial charge is 0.335 e. The third-order valence-corrected chi connectivity index (χ3v) is 3.67. The van der Waals surface area contributed by atoms with E-state index in [1.165, 1.54) is 18.2 Å². The van der Waals surface area contributed by atoms with Crippen molar-refractivity contribution in [3.63, 3.8) is 0 Å². The molecule has 0 atom stereocenters. The van der Waals surface area contributed by atoms with Crippen molar-refractivity contribution < 1.29 is 23.5 Å². The Balaban J connectivity index is 2.35. The van der Waals surface area contributed by atoms with Crippen molar-refractivity contribution in [2.24, 2.45) is 0 Å². The topological polar surface area (TPSA) is 57.6 Å². The third kappa shape index (κ3) is 3.20. The summed E-state index contributed by atoms with van der Waals surface area (Å²) >= 11 is 0. The van der Waals surface area contributed by atoms with E-state index in [2.05, 4.69) is 0 Å².